The van der Waals surface area contributed by atoms with Crippen LogP contribution in [0.1, 0.15) is 34.5 Å². The molecule has 1 aromatic heterocycles. The van der Waals surface area contributed by atoms with E-state index in [0.717, 1.165) is 25.0 Å². The SMILES string of the molecule is Cc1c(C(=O)Nc2cccc(C(F)(F)F)c2)oc2ccc(S(=O)(=O)N3CCCC3)cc12. The molecule has 6 nitrogen and oxygen atoms in total. The Hall–Kier alpha value is -2.85. The van der Waals surface area contributed by atoms with Crippen LogP contribution in [0.25, 0.3) is 11.0 Å². The van der Waals surface area contributed by atoms with Gasteiger partial charge in [0.05, 0.1) is 10.5 Å². The predicted molar refractivity (Wildman–Crippen MR) is 108 cm³/mol. The van der Waals surface area contributed by atoms with Gasteiger partial charge in [-0.1, -0.05) is 6.07 Å². The van der Waals surface area contributed by atoms with Crippen LogP contribution in [-0.2, 0) is 16.2 Å². The lowest BCUT2D eigenvalue weighted by atomic mass is 10.1. The Morgan fingerprint density at radius 1 is 1.10 bits per heavy atom. The third-order valence-electron chi connectivity index (χ3n) is 5.26. The monoisotopic (exact) mass is 452 g/mol. The zero-order valence-corrected chi connectivity index (χ0v) is 17.3. The van der Waals surface area contributed by atoms with Crippen LogP contribution in [0.2, 0.25) is 0 Å². The number of nitrogens with zero attached hydrogens (tertiary/aromatic N) is 1. The van der Waals surface area contributed by atoms with Crippen LogP contribution in [-0.4, -0.2) is 31.7 Å². The van der Waals surface area contributed by atoms with Gasteiger partial charge in [-0.15, -0.1) is 0 Å². The fourth-order valence-electron chi connectivity index (χ4n) is 3.62. The fourth-order valence-corrected chi connectivity index (χ4v) is 5.16. The van der Waals surface area contributed by atoms with Crippen LogP contribution in [0.15, 0.2) is 51.8 Å². The largest absolute Gasteiger partial charge is 0.451 e. The summed E-state index contributed by atoms with van der Waals surface area (Å²) in [5.74, 6) is -0.819. The van der Waals surface area contributed by atoms with Crippen molar-refractivity contribution in [2.75, 3.05) is 18.4 Å². The summed E-state index contributed by atoms with van der Waals surface area (Å²) in [6.07, 6.45) is -2.91. The summed E-state index contributed by atoms with van der Waals surface area (Å²) in [4.78, 5) is 12.8. The molecule has 1 amide bonds. The molecule has 1 aliphatic heterocycles. The summed E-state index contributed by atoms with van der Waals surface area (Å²) in [6.45, 7) is 2.53. The van der Waals surface area contributed by atoms with Crippen molar-refractivity contribution in [1.29, 1.82) is 0 Å². The van der Waals surface area contributed by atoms with Crippen LogP contribution < -0.4 is 5.32 Å². The first-order chi connectivity index (χ1) is 14.6. The van der Waals surface area contributed by atoms with E-state index in [-0.39, 0.29) is 16.3 Å². The van der Waals surface area contributed by atoms with Crippen molar-refractivity contribution < 1.29 is 30.8 Å². The lowest BCUT2D eigenvalue weighted by Crippen LogP contribution is -2.27. The van der Waals surface area contributed by atoms with Gasteiger partial charge in [-0.2, -0.15) is 17.5 Å². The van der Waals surface area contributed by atoms with Gasteiger partial charge in [-0.25, -0.2) is 8.42 Å². The molecule has 164 valence electrons. The van der Waals surface area contributed by atoms with Gasteiger partial charge in [0, 0.05) is 29.7 Å². The Bertz CT molecular complexity index is 1260. The number of aryl methyl sites for hydroxylation is 1. The number of anilines is 1. The molecule has 1 fully saturated rings. The van der Waals surface area contributed by atoms with Crippen molar-refractivity contribution in [1.82, 2.24) is 4.31 Å². The third-order valence-corrected chi connectivity index (χ3v) is 7.16. The standard InChI is InChI=1S/C21H19F3N2O4S/c1-13-17-12-16(31(28,29)26-9-2-3-10-26)7-8-18(17)30-19(13)20(27)25-15-6-4-5-14(11-15)21(22,23)24/h4-8,11-12H,2-3,9-10H2,1H3,(H,25,27). The van der Waals surface area contributed by atoms with Gasteiger partial charge in [0.25, 0.3) is 5.91 Å². The molecule has 10 heteroatoms. The molecule has 31 heavy (non-hydrogen) atoms. The topological polar surface area (TPSA) is 79.6 Å². The minimum Gasteiger partial charge on any atom is -0.451 e. The number of nitrogens with one attached hydrogen (secondary N) is 1. The second kappa shape index (κ2) is 7.69. The lowest BCUT2D eigenvalue weighted by molar-refractivity contribution is -0.137. The maximum atomic E-state index is 12.9. The Kier molecular flexibility index (Phi) is 5.30. The van der Waals surface area contributed by atoms with E-state index in [0.29, 0.717) is 29.6 Å². The molecule has 2 aromatic carbocycles. The molecule has 4 rings (SSSR count). The van der Waals surface area contributed by atoms with Gasteiger partial charge < -0.3 is 9.73 Å². The Balaban J connectivity index is 1.64. The van der Waals surface area contributed by atoms with Gasteiger partial charge >= 0.3 is 6.18 Å². The van der Waals surface area contributed by atoms with Gasteiger partial charge in [0.15, 0.2) is 5.76 Å². The molecule has 0 saturated carbocycles. The quantitative estimate of drug-likeness (QED) is 0.617. The molecule has 3 aromatic rings. The number of sulfonamides is 1. The van der Waals surface area contributed by atoms with Crippen molar-refractivity contribution in [2.45, 2.75) is 30.8 Å². The average molecular weight is 452 g/mol. The third kappa shape index (κ3) is 4.05. The van der Waals surface area contributed by atoms with Gasteiger partial charge in [-0.05, 0) is 56.2 Å². The van der Waals surface area contributed by atoms with E-state index in [1.165, 1.54) is 34.6 Å². The van der Waals surface area contributed by atoms with Crippen LogP contribution in [0.4, 0.5) is 18.9 Å². The predicted octanol–water partition coefficient (Wildman–Crippen LogP) is 4.80. The number of fused-ring (bicyclic) bond motifs is 1. The number of furan rings is 1. The van der Waals surface area contributed by atoms with Gasteiger partial charge in [-0.3, -0.25) is 4.79 Å². The Labute approximate surface area is 176 Å². The zero-order chi connectivity index (χ0) is 22.4. The Morgan fingerprint density at radius 2 is 1.81 bits per heavy atom. The van der Waals surface area contributed by atoms with Crippen molar-refractivity contribution >= 4 is 32.6 Å². The van der Waals surface area contributed by atoms with Gasteiger partial charge in [0.2, 0.25) is 10.0 Å². The minimum atomic E-state index is -4.53. The highest BCUT2D eigenvalue weighted by atomic mass is 32.2. The first kappa shape index (κ1) is 21.4. The molecule has 1 aliphatic rings. The van der Waals surface area contributed by atoms with E-state index in [2.05, 4.69) is 5.32 Å². The highest BCUT2D eigenvalue weighted by Gasteiger charge is 2.31. The number of rotatable bonds is 4. The number of halogens is 3. The van der Waals surface area contributed by atoms with Crippen molar-refractivity contribution in [3.05, 3.63) is 59.4 Å². The van der Waals surface area contributed by atoms with Crippen LogP contribution >= 0.6 is 0 Å². The molecule has 0 aliphatic carbocycles. The van der Waals surface area contributed by atoms with Crippen LogP contribution in [0.5, 0.6) is 0 Å². The second-order valence-electron chi connectivity index (χ2n) is 7.36. The smallest absolute Gasteiger partial charge is 0.416 e. The number of alkyl halides is 3. The summed E-state index contributed by atoms with van der Waals surface area (Å²) >= 11 is 0. The van der Waals surface area contributed by atoms with E-state index >= 15 is 0 Å². The van der Waals surface area contributed by atoms with E-state index in [9.17, 15) is 26.4 Å². The maximum Gasteiger partial charge on any atom is 0.416 e. The average Bonchev–Trinajstić information content (AvgIpc) is 3.36. The molecule has 1 saturated heterocycles. The first-order valence-electron chi connectivity index (χ1n) is 9.59. The highest BCUT2D eigenvalue weighted by Crippen LogP contribution is 2.32. The number of amides is 1. The highest BCUT2D eigenvalue weighted by molar-refractivity contribution is 7.89. The molecule has 0 atom stereocenters. The normalized spacial score (nSPS) is 15.5. The fraction of sp³-hybridized carbons (Fsp3) is 0.286. The molecule has 0 bridgehead atoms. The Morgan fingerprint density at radius 3 is 2.48 bits per heavy atom. The van der Waals surface area contributed by atoms with Gasteiger partial charge in [0.1, 0.15) is 5.58 Å². The molecule has 0 spiro atoms. The van der Waals surface area contributed by atoms with E-state index < -0.39 is 27.7 Å². The number of hydrogen-bond acceptors (Lipinski definition) is 4. The summed E-state index contributed by atoms with van der Waals surface area (Å²) in [5.41, 5.74) is -0.203. The summed E-state index contributed by atoms with van der Waals surface area (Å²) in [6, 6.07) is 8.63. The number of hydrogen-bond donors (Lipinski definition) is 1. The first-order valence-corrected chi connectivity index (χ1v) is 11.0. The summed E-state index contributed by atoms with van der Waals surface area (Å²) < 4.78 is 71.3. The van der Waals surface area contributed by atoms with E-state index in [4.69, 9.17) is 4.42 Å². The molecule has 0 unspecified atom stereocenters. The van der Waals surface area contributed by atoms with E-state index in [1.54, 1.807) is 6.92 Å². The van der Waals surface area contributed by atoms with E-state index in [1.807, 2.05) is 0 Å². The second-order valence-corrected chi connectivity index (χ2v) is 9.30. The molecule has 1 N–H and O–H groups in total. The number of carbonyl (C=O) groups excluding carboxylic acids is 1. The van der Waals surface area contributed by atoms with Crippen molar-refractivity contribution in [3.63, 3.8) is 0 Å². The number of carbonyl (C=O) groups is 1. The number of benzene rings is 2. The van der Waals surface area contributed by atoms with Crippen molar-refractivity contribution in [2.24, 2.45) is 0 Å². The minimum absolute atomic E-state index is 0.0306. The van der Waals surface area contributed by atoms with Crippen LogP contribution in [0, 0.1) is 6.92 Å². The van der Waals surface area contributed by atoms with Crippen LogP contribution in [0.3, 0.4) is 0 Å². The maximum absolute atomic E-state index is 12.9. The molecule has 0 radical (unpaired) electrons. The zero-order valence-electron chi connectivity index (χ0n) is 16.5. The summed E-state index contributed by atoms with van der Waals surface area (Å²) in [7, 11) is -3.64. The lowest BCUT2D eigenvalue weighted by Gasteiger charge is -2.15. The molecular formula is C21H19F3N2O4S. The molecular weight excluding hydrogens is 433 g/mol. The van der Waals surface area contributed by atoms with Crippen molar-refractivity contribution in [3.8, 4) is 0 Å². The molecule has 2 heterocycles. The summed E-state index contributed by atoms with van der Waals surface area (Å²) in [5, 5.41) is 2.86.